The minimum Gasteiger partial charge on any atom is -0.487 e. The monoisotopic (exact) mass is 679 g/mol. The van der Waals surface area contributed by atoms with Crippen molar-refractivity contribution in [1.29, 1.82) is 0 Å². The van der Waals surface area contributed by atoms with Gasteiger partial charge in [-0.1, -0.05) is 93.6 Å². The molecule has 2 bridgehead atoms. The van der Waals surface area contributed by atoms with Crippen molar-refractivity contribution in [1.82, 2.24) is 26.2 Å². The molecule has 10 nitrogen and oxygen atoms in total. The lowest BCUT2D eigenvalue weighted by Crippen LogP contribution is -2.62. The van der Waals surface area contributed by atoms with Crippen molar-refractivity contribution >= 4 is 29.2 Å². The highest BCUT2D eigenvalue weighted by Gasteiger charge is 2.41. The van der Waals surface area contributed by atoms with E-state index in [4.69, 9.17) is 4.74 Å². The summed E-state index contributed by atoms with van der Waals surface area (Å²) in [5.41, 5.74) is 3.75. The summed E-state index contributed by atoms with van der Waals surface area (Å²) >= 11 is 0. The summed E-state index contributed by atoms with van der Waals surface area (Å²) in [5, 5.41) is 12.0. The zero-order valence-corrected chi connectivity index (χ0v) is 29.4. The number of amides is 4. The molecule has 0 saturated carbocycles. The first-order valence-electron chi connectivity index (χ1n) is 17.6. The number of hydrogen-bond acceptors (Lipinski definition) is 6. The SMILES string of the molecule is CCC1=CNC(=O)C(Cc2ccccc2)NC(=O)C(NC(=O)C2CCCN2C(=O)C(Cc2ccccc2)NC)C(C(C)C)Oc2ccc1cc2. The third-order valence-corrected chi connectivity index (χ3v) is 9.52. The fourth-order valence-corrected chi connectivity index (χ4v) is 6.67. The van der Waals surface area contributed by atoms with E-state index in [1.54, 1.807) is 18.1 Å². The van der Waals surface area contributed by atoms with Crippen molar-refractivity contribution in [2.24, 2.45) is 5.92 Å². The Labute approximate surface area is 295 Å². The molecule has 264 valence electrons. The van der Waals surface area contributed by atoms with Crippen LogP contribution >= 0.6 is 0 Å². The molecule has 50 heavy (non-hydrogen) atoms. The summed E-state index contributed by atoms with van der Waals surface area (Å²) in [6.07, 6.45) is 3.43. The zero-order valence-electron chi connectivity index (χ0n) is 29.4. The Bertz CT molecular complexity index is 1640. The Morgan fingerprint density at radius 2 is 1.58 bits per heavy atom. The lowest BCUT2D eigenvalue weighted by Gasteiger charge is -2.34. The molecule has 5 unspecified atom stereocenters. The van der Waals surface area contributed by atoms with Crippen LogP contribution in [0, 0.1) is 5.92 Å². The maximum absolute atomic E-state index is 14.4. The predicted molar refractivity (Wildman–Crippen MR) is 194 cm³/mol. The predicted octanol–water partition coefficient (Wildman–Crippen LogP) is 4.00. The molecule has 0 radical (unpaired) electrons. The van der Waals surface area contributed by atoms with Crippen LogP contribution in [0.4, 0.5) is 0 Å². The van der Waals surface area contributed by atoms with Crippen molar-refractivity contribution in [2.45, 2.75) is 83.1 Å². The normalized spacial score (nSPS) is 21.8. The quantitative estimate of drug-likeness (QED) is 0.257. The van der Waals surface area contributed by atoms with E-state index in [9.17, 15) is 19.2 Å². The summed E-state index contributed by atoms with van der Waals surface area (Å²) in [6, 6.07) is 23.3. The van der Waals surface area contributed by atoms with Gasteiger partial charge in [-0.3, -0.25) is 19.2 Å². The van der Waals surface area contributed by atoms with Crippen LogP contribution in [0.2, 0.25) is 0 Å². The largest absolute Gasteiger partial charge is 0.487 e. The first-order chi connectivity index (χ1) is 24.2. The molecule has 5 atom stereocenters. The minimum absolute atomic E-state index is 0.166. The van der Waals surface area contributed by atoms with Crippen LogP contribution in [-0.2, 0) is 32.0 Å². The molecule has 4 N–H and O–H groups in total. The van der Waals surface area contributed by atoms with Gasteiger partial charge in [-0.15, -0.1) is 0 Å². The summed E-state index contributed by atoms with van der Waals surface area (Å²) in [6.45, 7) is 6.29. The van der Waals surface area contributed by atoms with E-state index in [1.165, 1.54) is 0 Å². The average Bonchev–Trinajstić information content (AvgIpc) is 3.63. The van der Waals surface area contributed by atoms with E-state index in [0.717, 1.165) is 22.3 Å². The Balaban J connectivity index is 1.44. The van der Waals surface area contributed by atoms with Gasteiger partial charge in [0.2, 0.25) is 23.6 Å². The van der Waals surface area contributed by atoms with Crippen LogP contribution in [0.25, 0.3) is 5.57 Å². The third-order valence-electron chi connectivity index (χ3n) is 9.52. The second-order valence-corrected chi connectivity index (χ2v) is 13.3. The molecule has 3 aromatic carbocycles. The number of hydrogen-bond donors (Lipinski definition) is 4. The maximum atomic E-state index is 14.4. The van der Waals surface area contributed by atoms with Gasteiger partial charge in [0.15, 0.2) is 0 Å². The Kier molecular flexibility index (Phi) is 12.4. The van der Waals surface area contributed by atoms with Crippen LogP contribution in [0.1, 0.15) is 56.7 Å². The van der Waals surface area contributed by atoms with Crippen LogP contribution in [0.5, 0.6) is 5.75 Å². The first kappa shape index (κ1) is 36.3. The molecular formula is C40H49N5O5. The number of nitrogens with one attached hydrogen (secondary N) is 4. The number of benzene rings is 3. The Morgan fingerprint density at radius 1 is 0.920 bits per heavy atom. The van der Waals surface area contributed by atoms with Crippen molar-refractivity contribution in [2.75, 3.05) is 13.6 Å². The fourth-order valence-electron chi connectivity index (χ4n) is 6.67. The second kappa shape index (κ2) is 17.1. The van der Waals surface area contributed by atoms with Crippen molar-refractivity contribution in [3.8, 4) is 5.75 Å². The van der Waals surface area contributed by atoms with E-state index in [-0.39, 0.29) is 24.2 Å². The number of likely N-dealkylation sites (N-methyl/N-ethyl adjacent to an activating group) is 1. The van der Waals surface area contributed by atoms with Crippen LogP contribution in [-0.4, -0.2) is 72.4 Å². The number of ether oxygens (including phenoxy) is 1. The Hall–Kier alpha value is -4.96. The van der Waals surface area contributed by atoms with Gasteiger partial charge in [0.05, 0.1) is 6.04 Å². The van der Waals surface area contributed by atoms with Crippen LogP contribution < -0.4 is 26.0 Å². The van der Waals surface area contributed by atoms with E-state index in [1.807, 2.05) is 106 Å². The molecule has 3 aliphatic rings. The molecule has 1 saturated heterocycles. The zero-order chi connectivity index (χ0) is 35.6. The molecular weight excluding hydrogens is 630 g/mol. The fraction of sp³-hybridized carbons (Fsp3) is 0.400. The van der Waals surface area contributed by atoms with E-state index < -0.39 is 42.1 Å². The number of likely N-dealkylation sites (tertiary alicyclic amines) is 1. The molecule has 3 aliphatic heterocycles. The number of allylic oxidation sites excluding steroid dienone is 1. The van der Waals surface area contributed by atoms with Gasteiger partial charge in [0.25, 0.3) is 0 Å². The molecule has 3 heterocycles. The number of nitrogens with zero attached hydrogens (tertiary/aromatic N) is 1. The lowest BCUT2D eigenvalue weighted by molar-refractivity contribution is -0.142. The van der Waals surface area contributed by atoms with Crippen molar-refractivity contribution < 1.29 is 23.9 Å². The summed E-state index contributed by atoms with van der Waals surface area (Å²) in [5.74, 6) is -1.19. The van der Waals surface area contributed by atoms with E-state index in [2.05, 4.69) is 21.3 Å². The highest BCUT2D eigenvalue weighted by molar-refractivity contribution is 5.96. The Morgan fingerprint density at radius 3 is 2.20 bits per heavy atom. The number of carbonyl (C=O) groups excluding carboxylic acids is 4. The topological polar surface area (TPSA) is 129 Å². The second-order valence-electron chi connectivity index (χ2n) is 13.3. The molecule has 6 rings (SSSR count). The van der Waals surface area contributed by atoms with E-state index in [0.29, 0.717) is 38.0 Å². The van der Waals surface area contributed by atoms with Crippen LogP contribution in [0.15, 0.2) is 91.1 Å². The van der Waals surface area contributed by atoms with Gasteiger partial charge in [-0.25, -0.2) is 0 Å². The maximum Gasteiger partial charge on any atom is 0.247 e. The van der Waals surface area contributed by atoms with Crippen molar-refractivity contribution in [3.63, 3.8) is 0 Å². The van der Waals surface area contributed by atoms with Crippen LogP contribution in [0.3, 0.4) is 0 Å². The van der Waals surface area contributed by atoms with Gasteiger partial charge in [0.1, 0.15) is 30.0 Å². The summed E-state index contributed by atoms with van der Waals surface area (Å²) < 4.78 is 6.48. The molecule has 0 aliphatic carbocycles. The van der Waals surface area contributed by atoms with Crippen molar-refractivity contribution in [3.05, 3.63) is 108 Å². The number of fused-ring (bicyclic) bond motifs is 10. The highest BCUT2D eigenvalue weighted by Crippen LogP contribution is 2.25. The molecule has 10 heteroatoms. The molecule has 0 spiro atoms. The minimum atomic E-state index is -1.17. The molecule has 1 fully saturated rings. The molecule has 0 aromatic heterocycles. The summed E-state index contributed by atoms with van der Waals surface area (Å²) in [4.78, 5) is 57.7. The summed E-state index contributed by atoms with van der Waals surface area (Å²) in [7, 11) is 1.74. The van der Waals surface area contributed by atoms with Gasteiger partial charge in [0, 0.05) is 19.2 Å². The lowest BCUT2D eigenvalue weighted by atomic mass is 9.96. The smallest absolute Gasteiger partial charge is 0.247 e. The van der Waals surface area contributed by atoms with Gasteiger partial charge >= 0.3 is 0 Å². The first-order valence-corrected chi connectivity index (χ1v) is 17.6. The number of rotatable bonds is 10. The van der Waals surface area contributed by atoms with Gasteiger partial charge < -0.3 is 30.9 Å². The molecule has 4 amide bonds. The number of carbonyl (C=O) groups is 4. The standard InChI is InChI=1S/C40H49N5O5/c1-5-29-25-42-37(46)32(23-27-13-8-6-9-14-27)43-39(48)35(36(26(2)3)50-31-20-18-30(29)19-21-31)44-38(47)34-17-12-22-45(34)40(49)33(41-4)24-28-15-10-7-11-16-28/h6-11,13-16,18-21,25-26,32-36,41H,5,12,17,22-24H2,1-4H3,(H,42,46)(H,43,48)(H,44,47). The molecule has 3 aromatic rings. The third kappa shape index (κ3) is 8.98. The van der Waals surface area contributed by atoms with Gasteiger partial charge in [-0.2, -0.15) is 0 Å². The highest BCUT2D eigenvalue weighted by atomic mass is 16.5. The average molecular weight is 680 g/mol. The van der Waals surface area contributed by atoms with E-state index >= 15 is 0 Å². The van der Waals surface area contributed by atoms with Gasteiger partial charge in [-0.05, 0) is 73.0 Å².